The topological polar surface area (TPSA) is 56.8 Å². The van der Waals surface area contributed by atoms with Crippen molar-refractivity contribution in [3.63, 3.8) is 0 Å². The number of benzene rings is 3. The molecule has 0 radical (unpaired) electrons. The van der Waals surface area contributed by atoms with Gasteiger partial charge < -0.3 is 20.5 Å². The van der Waals surface area contributed by atoms with Crippen LogP contribution in [0, 0.1) is 0 Å². The van der Waals surface area contributed by atoms with Crippen LogP contribution >= 0.6 is 60.4 Å². The van der Waals surface area contributed by atoms with E-state index in [2.05, 4.69) is 46.7 Å². The van der Waals surface area contributed by atoms with Crippen LogP contribution in [0.15, 0.2) is 60.7 Å². The van der Waals surface area contributed by atoms with Crippen molar-refractivity contribution in [1.82, 2.24) is 10.2 Å². The number of phenols is 1. The molecule has 4 rings (SSSR count). The molecule has 2 atom stereocenters. The average molecular weight is 638 g/mol. The van der Waals surface area contributed by atoms with Gasteiger partial charge in [0, 0.05) is 43.8 Å². The summed E-state index contributed by atoms with van der Waals surface area (Å²) in [5.74, 6) is 1.15. The van der Waals surface area contributed by atoms with Gasteiger partial charge in [-0.15, -0.1) is 37.2 Å². The van der Waals surface area contributed by atoms with Crippen LogP contribution in [-0.4, -0.2) is 49.3 Å². The molecule has 0 amide bonds. The number of rotatable bonds is 10. The number of ether oxygens (including phenoxy) is 1. The molecule has 3 N–H and O–H groups in total. The molecule has 3 aromatic rings. The fourth-order valence-electron chi connectivity index (χ4n) is 4.82. The molecule has 10 heteroatoms. The van der Waals surface area contributed by atoms with E-state index in [0.29, 0.717) is 23.4 Å². The number of aromatic hydroxyl groups is 1. The Balaban J connectivity index is 0.00000253. The van der Waals surface area contributed by atoms with E-state index in [4.69, 9.17) is 27.9 Å². The molecule has 216 valence electrons. The zero-order valence-electron chi connectivity index (χ0n) is 22.2. The third-order valence-corrected chi connectivity index (χ3v) is 7.38. The van der Waals surface area contributed by atoms with Crippen LogP contribution in [0.1, 0.15) is 42.5 Å². The second kappa shape index (κ2) is 17.3. The number of phenolic OH excluding ortho intramolecular Hbond substituents is 1. The Labute approximate surface area is 260 Å². The van der Waals surface area contributed by atoms with Gasteiger partial charge in [-0.25, -0.2) is 0 Å². The summed E-state index contributed by atoms with van der Waals surface area (Å²) in [6.07, 6.45) is 0.822. The van der Waals surface area contributed by atoms with Gasteiger partial charge in [-0.1, -0.05) is 60.5 Å². The van der Waals surface area contributed by atoms with E-state index < -0.39 is 0 Å². The summed E-state index contributed by atoms with van der Waals surface area (Å²) in [5, 5.41) is 18.2. The third-order valence-electron chi connectivity index (χ3n) is 6.74. The summed E-state index contributed by atoms with van der Waals surface area (Å²) in [6, 6.07) is 20.6. The van der Waals surface area contributed by atoms with Gasteiger partial charge in [0.1, 0.15) is 12.4 Å². The minimum atomic E-state index is 0. The summed E-state index contributed by atoms with van der Waals surface area (Å²) in [4.78, 5) is 2.46. The molecule has 1 fully saturated rings. The first-order valence-electron chi connectivity index (χ1n) is 12.6. The minimum Gasteiger partial charge on any atom is -0.504 e. The maximum atomic E-state index is 10.4. The van der Waals surface area contributed by atoms with Gasteiger partial charge in [0.05, 0.1) is 10.7 Å². The molecule has 2 unspecified atom stereocenters. The van der Waals surface area contributed by atoms with Crippen LogP contribution in [0.5, 0.6) is 11.5 Å². The maximum absolute atomic E-state index is 10.4. The number of anilines is 1. The summed E-state index contributed by atoms with van der Waals surface area (Å²) in [7, 11) is 0. The van der Waals surface area contributed by atoms with Crippen LogP contribution in [0.2, 0.25) is 10.0 Å². The van der Waals surface area contributed by atoms with E-state index in [1.54, 1.807) is 0 Å². The molecule has 1 aliphatic rings. The van der Waals surface area contributed by atoms with E-state index in [1.165, 1.54) is 11.1 Å². The van der Waals surface area contributed by atoms with Gasteiger partial charge in [-0.2, -0.15) is 0 Å². The van der Waals surface area contributed by atoms with Crippen LogP contribution in [0.4, 0.5) is 5.69 Å². The number of halogens is 5. The van der Waals surface area contributed by atoms with E-state index in [1.807, 2.05) is 43.3 Å². The van der Waals surface area contributed by atoms with Gasteiger partial charge in [-0.05, 0) is 66.3 Å². The molecular formula is C29H38Cl5N3O2. The highest BCUT2D eigenvalue weighted by molar-refractivity contribution is 6.33. The molecule has 0 bridgehead atoms. The molecular weight excluding hydrogens is 600 g/mol. The molecule has 3 aromatic carbocycles. The molecule has 5 nitrogen and oxygen atoms in total. The molecule has 0 saturated carbocycles. The molecule has 0 aliphatic carbocycles. The number of hydrogen-bond donors (Lipinski definition) is 3. The van der Waals surface area contributed by atoms with E-state index in [-0.39, 0.29) is 48.9 Å². The lowest BCUT2D eigenvalue weighted by molar-refractivity contribution is 0.134. The number of nitrogens with zero attached hydrogens (tertiary/aromatic N) is 1. The Morgan fingerprint density at radius 3 is 2.51 bits per heavy atom. The smallest absolute Gasteiger partial charge is 0.157 e. The van der Waals surface area contributed by atoms with Crippen LogP contribution in [0.25, 0.3) is 0 Å². The standard InChI is InChI=1S/C29H35Cl2N3O2.3ClH/c1-3-33-26-12-11-25(28(31)29(26)35)20(2)17-21-7-9-24(10-8-21)36-16-15-34-14-13-32-19-27(34)22-5-4-6-23(30)18-22;;;/h4-12,18,20,27,32-33,35H,3,13-17,19H2,1-2H3;3*1H. The molecule has 1 heterocycles. The Morgan fingerprint density at radius 2 is 1.82 bits per heavy atom. The van der Waals surface area contributed by atoms with Gasteiger partial charge >= 0.3 is 0 Å². The summed E-state index contributed by atoms with van der Waals surface area (Å²) in [5.41, 5.74) is 4.04. The number of piperazine rings is 1. The van der Waals surface area contributed by atoms with Crippen molar-refractivity contribution >= 4 is 66.1 Å². The van der Waals surface area contributed by atoms with E-state index in [0.717, 1.165) is 55.5 Å². The van der Waals surface area contributed by atoms with Crippen LogP contribution in [0.3, 0.4) is 0 Å². The highest BCUT2D eigenvalue weighted by atomic mass is 35.5. The van der Waals surface area contributed by atoms with Crippen LogP contribution in [-0.2, 0) is 6.42 Å². The Hall–Kier alpha value is -1.57. The van der Waals surface area contributed by atoms with Crippen molar-refractivity contribution in [2.45, 2.75) is 32.2 Å². The van der Waals surface area contributed by atoms with Crippen molar-refractivity contribution in [2.24, 2.45) is 0 Å². The van der Waals surface area contributed by atoms with E-state index >= 15 is 0 Å². The SMILES string of the molecule is CCNc1ccc(C(C)Cc2ccc(OCCN3CCNCC3c3cccc(Cl)c3)cc2)c(Cl)c1O.Cl.Cl.Cl. The summed E-state index contributed by atoms with van der Waals surface area (Å²) in [6.45, 7) is 9.18. The fourth-order valence-corrected chi connectivity index (χ4v) is 5.37. The predicted octanol–water partition coefficient (Wildman–Crippen LogP) is 7.77. The lowest BCUT2D eigenvalue weighted by Gasteiger charge is -2.36. The van der Waals surface area contributed by atoms with Gasteiger partial charge in [0.15, 0.2) is 5.75 Å². The zero-order chi connectivity index (χ0) is 25.5. The molecule has 0 aromatic heterocycles. The van der Waals surface area contributed by atoms with Crippen molar-refractivity contribution < 1.29 is 9.84 Å². The molecule has 0 spiro atoms. The molecule has 39 heavy (non-hydrogen) atoms. The van der Waals surface area contributed by atoms with E-state index in [9.17, 15) is 5.11 Å². The quantitative estimate of drug-likeness (QED) is 0.198. The summed E-state index contributed by atoms with van der Waals surface area (Å²) >= 11 is 12.7. The highest BCUT2D eigenvalue weighted by Gasteiger charge is 2.23. The summed E-state index contributed by atoms with van der Waals surface area (Å²) < 4.78 is 6.08. The second-order valence-electron chi connectivity index (χ2n) is 9.30. The van der Waals surface area contributed by atoms with Gasteiger partial charge in [0.25, 0.3) is 0 Å². The van der Waals surface area contributed by atoms with Gasteiger partial charge in [-0.3, -0.25) is 4.90 Å². The number of hydrogen-bond acceptors (Lipinski definition) is 5. The Kier molecular flexibility index (Phi) is 15.7. The first-order valence-corrected chi connectivity index (χ1v) is 13.4. The Bertz CT molecular complexity index is 1150. The highest BCUT2D eigenvalue weighted by Crippen LogP contribution is 2.39. The molecule has 1 saturated heterocycles. The van der Waals surface area contributed by atoms with Crippen molar-refractivity contribution in [2.75, 3.05) is 44.6 Å². The predicted molar refractivity (Wildman–Crippen MR) is 172 cm³/mol. The first kappa shape index (κ1) is 35.5. The minimum absolute atomic E-state index is 0. The Morgan fingerprint density at radius 1 is 1.08 bits per heavy atom. The van der Waals surface area contributed by atoms with Gasteiger partial charge in [0.2, 0.25) is 0 Å². The lowest BCUT2D eigenvalue weighted by Crippen LogP contribution is -2.47. The fraction of sp³-hybridized carbons (Fsp3) is 0.379. The lowest BCUT2D eigenvalue weighted by atomic mass is 9.93. The molecule has 1 aliphatic heterocycles. The first-order chi connectivity index (χ1) is 17.5. The maximum Gasteiger partial charge on any atom is 0.157 e. The number of nitrogens with one attached hydrogen (secondary N) is 2. The van der Waals surface area contributed by atoms with Crippen molar-refractivity contribution in [3.05, 3.63) is 87.4 Å². The largest absolute Gasteiger partial charge is 0.504 e. The van der Waals surface area contributed by atoms with Crippen molar-refractivity contribution in [3.8, 4) is 11.5 Å². The average Bonchev–Trinajstić information content (AvgIpc) is 2.88. The zero-order valence-corrected chi connectivity index (χ0v) is 26.1. The third kappa shape index (κ3) is 9.50. The normalized spacial score (nSPS) is 15.7. The van der Waals surface area contributed by atoms with Crippen LogP contribution < -0.4 is 15.4 Å². The monoisotopic (exact) mass is 635 g/mol. The second-order valence-corrected chi connectivity index (χ2v) is 10.1. The van der Waals surface area contributed by atoms with Crippen molar-refractivity contribution in [1.29, 1.82) is 0 Å².